The Labute approximate surface area is 199 Å². The third-order valence-corrected chi connectivity index (χ3v) is 6.92. The molecule has 33 heavy (non-hydrogen) atoms. The van der Waals surface area contributed by atoms with Gasteiger partial charge in [-0.25, -0.2) is 9.97 Å². The van der Waals surface area contributed by atoms with E-state index in [0.29, 0.717) is 0 Å². The number of rotatable bonds is 1. The molecule has 8 bridgehead atoms. The van der Waals surface area contributed by atoms with Gasteiger partial charge in [-0.1, -0.05) is 0 Å². The molecule has 0 spiro atoms. The van der Waals surface area contributed by atoms with E-state index in [1.807, 2.05) is 78.9 Å². The Morgan fingerprint density at radius 3 is 1.33 bits per heavy atom. The maximum atomic E-state index is 8.34. The van der Waals surface area contributed by atoms with Crippen molar-refractivity contribution in [3.63, 3.8) is 0 Å². The predicted octanol–water partition coefficient (Wildman–Crippen LogP) is 5.53. The van der Waals surface area contributed by atoms with Crippen LogP contribution in [0.4, 0.5) is 0 Å². The van der Waals surface area contributed by atoms with Gasteiger partial charge >= 0.3 is 62.2 Å². The molecule has 0 radical (unpaired) electrons. The van der Waals surface area contributed by atoms with Crippen LogP contribution >= 0.6 is 0 Å². The van der Waals surface area contributed by atoms with Crippen molar-refractivity contribution in [1.29, 1.82) is 5.26 Å². The zero-order valence-corrected chi connectivity index (χ0v) is 20.3. The molecule has 0 atom stereocenters. The van der Waals surface area contributed by atoms with Gasteiger partial charge in [0.1, 0.15) is 0 Å². The van der Waals surface area contributed by atoms with E-state index in [-0.39, 0.29) is 0 Å². The Morgan fingerprint density at radius 1 is 0.576 bits per heavy atom. The van der Waals surface area contributed by atoms with Gasteiger partial charge in [-0.3, -0.25) is 0 Å². The number of aromatic amines is 2. The standard InChI is InChI=1S/C20H14N4.C6H5.CN.Re/c1-2-14-10-16-5-6-18(23-16)12-20-8-7-19(24-20)11-17-4-3-15(22-17)9-13(1)21-14;1-2-4-6-5-3-1;1-2;/h1-12,21,24H;1-5H;;. The van der Waals surface area contributed by atoms with Crippen molar-refractivity contribution in [2.45, 2.75) is 0 Å². The Kier molecular flexibility index (Phi) is 6.08. The van der Waals surface area contributed by atoms with Gasteiger partial charge in [0, 0.05) is 22.1 Å². The first-order valence-electron chi connectivity index (χ1n) is 10.4. The maximum absolute atomic E-state index is 8.34. The van der Waals surface area contributed by atoms with E-state index < -0.39 is 18.0 Å². The number of nitrogens with zero attached hydrogens (tertiary/aromatic N) is 3. The van der Waals surface area contributed by atoms with E-state index in [4.69, 9.17) is 5.26 Å². The summed E-state index contributed by atoms with van der Waals surface area (Å²) in [6.07, 6.45) is 8.09. The van der Waals surface area contributed by atoms with E-state index >= 15 is 0 Å². The van der Waals surface area contributed by atoms with Crippen LogP contribution in [-0.2, 0) is 18.0 Å². The molecule has 5 heterocycles. The van der Waals surface area contributed by atoms with Gasteiger partial charge in [0.05, 0.1) is 22.8 Å². The zero-order chi connectivity index (χ0) is 22.5. The van der Waals surface area contributed by atoms with Crippen LogP contribution in [-0.4, -0.2) is 19.9 Å². The van der Waals surface area contributed by atoms with Crippen LogP contribution in [0.2, 0.25) is 0 Å². The van der Waals surface area contributed by atoms with Gasteiger partial charge in [0.25, 0.3) is 0 Å². The molecule has 159 valence electrons. The summed E-state index contributed by atoms with van der Waals surface area (Å²) in [5, 5.41) is 8.34. The fourth-order valence-corrected chi connectivity index (χ4v) is 4.80. The second kappa shape index (κ2) is 9.63. The number of nitrogens with one attached hydrogen (secondary N) is 2. The molecule has 6 heteroatoms. The molecule has 2 aliphatic heterocycles. The average Bonchev–Trinajstić information content (AvgIpc) is 3.61. The van der Waals surface area contributed by atoms with Crippen LogP contribution < -0.4 is 4.04 Å². The van der Waals surface area contributed by atoms with Crippen LogP contribution in [0.1, 0.15) is 22.8 Å². The van der Waals surface area contributed by atoms with Crippen LogP contribution in [0.3, 0.4) is 0 Å². The number of H-pyrrole nitrogens is 2. The predicted molar refractivity (Wildman–Crippen MR) is 131 cm³/mol. The Morgan fingerprint density at radius 2 is 0.970 bits per heavy atom. The van der Waals surface area contributed by atoms with Crippen molar-refractivity contribution < 1.29 is 18.0 Å². The summed E-state index contributed by atoms with van der Waals surface area (Å²) < 4.78 is 3.47. The van der Waals surface area contributed by atoms with Crippen molar-refractivity contribution in [3.05, 3.63) is 102 Å². The van der Waals surface area contributed by atoms with Gasteiger partial charge in [-0.15, -0.1) is 0 Å². The molecule has 5 nitrogen and oxygen atoms in total. The third kappa shape index (κ3) is 5.43. The molecule has 4 aromatic rings. The van der Waals surface area contributed by atoms with Crippen molar-refractivity contribution in [2.24, 2.45) is 0 Å². The Bertz CT molecular complexity index is 1380. The molecule has 0 unspecified atom stereocenters. The van der Waals surface area contributed by atoms with Crippen LogP contribution in [0.15, 0.2) is 78.9 Å². The second-order valence-corrected chi connectivity index (χ2v) is 10.2. The molecule has 0 fully saturated rings. The Hall–Kier alpha value is -4.03. The monoisotopic (exact) mass is 600 g/mol. The van der Waals surface area contributed by atoms with Crippen molar-refractivity contribution in [3.8, 4) is 4.54 Å². The molecule has 0 saturated carbocycles. The van der Waals surface area contributed by atoms with Gasteiger partial charge in [0.2, 0.25) is 0 Å². The number of hydrogen-bond donors (Lipinski definition) is 2. The summed E-state index contributed by atoms with van der Waals surface area (Å²) in [5.74, 6) is 0. The molecule has 6 rings (SSSR count). The number of aromatic nitrogens is 4. The topological polar surface area (TPSA) is 81.2 Å². The molecule has 0 amide bonds. The van der Waals surface area contributed by atoms with Crippen molar-refractivity contribution in [1.82, 2.24) is 19.9 Å². The SMILES string of the molecule is C1=Cc2cc3ccc(cc4nc(cc5ccc(cc1n2)[nH]5)C=C4)[nH]3.N#[C][Re][c]1ccccc1. The molecule has 0 saturated heterocycles. The third-order valence-electron chi connectivity index (χ3n) is 4.93. The molecule has 3 aromatic heterocycles. The molecular weight excluding hydrogens is 581 g/mol. The number of hydrogen-bond acceptors (Lipinski definition) is 3. The van der Waals surface area contributed by atoms with E-state index in [0.717, 1.165) is 44.8 Å². The van der Waals surface area contributed by atoms with Crippen LogP contribution in [0.25, 0.3) is 46.4 Å². The number of benzene rings is 1. The van der Waals surface area contributed by atoms with Crippen LogP contribution in [0, 0.1) is 9.80 Å². The van der Waals surface area contributed by atoms with E-state index in [2.05, 4.69) is 48.7 Å². The summed E-state index contributed by atoms with van der Waals surface area (Å²) >= 11 is -0.706. The second-order valence-electron chi connectivity index (χ2n) is 7.38. The van der Waals surface area contributed by atoms with E-state index in [1.54, 1.807) is 0 Å². The van der Waals surface area contributed by atoms with Gasteiger partial charge in [0.15, 0.2) is 0 Å². The zero-order valence-electron chi connectivity index (χ0n) is 17.5. The van der Waals surface area contributed by atoms with Crippen molar-refractivity contribution >= 4 is 50.4 Å². The van der Waals surface area contributed by atoms with Crippen molar-refractivity contribution in [2.75, 3.05) is 0 Å². The molecule has 2 N–H and O–H groups in total. The average molecular weight is 600 g/mol. The first kappa shape index (κ1) is 20.9. The van der Waals surface area contributed by atoms with Gasteiger partial charge < -0.3 is 9.97 Å². The quantitative estimate of drug-likeness (QED) is 0.261. The fourth-order valence-electron chi connectivity index (χ4n) is 3.47. The van der Waals surface area contributed by atoms with Gasteiger partial charge in [-0.2, -0.15) is 0 Å². The minimum atomic E-state index is -0.706. The number of fused-ring (bicyclic) bond motifs is 8. The first-order valence-corrected chi connectivity index (χ1v) is 13.1. The van der Waals surface area contributed by atoms with E-state index in [1.165, 1.54) is 4.04 Å². The summed E-state index contributed by atoms with van der Waals surface area (Å²) in [4.78, 5) is 16.0. The minimum absolute atomic E-state index is 0.706. The fraction of sp³-hybridized carbons (Fsp3) is 0. The summed E-state index contributed by atoms with van der Waals surface area (Å²) in [5.41, 5.74) is 7.86. The summed E-state index contributed by atoms with van der Waals surface area (Å²) in [6.45, 7) is 0. The molecule has 0 aliphatic carbocycles. The first-order chi connectivity index (χ1) is 16.2. The molecule has 1 aromatic carbocycles. The van der Waals surface area contributed by atoms with E-state index in [9.17, 15) is 0 Å². The Balaban J connectivity index is 0.000000215. The molecule has 2 aliphatic rings. The van der Waals surface area contributed by atoms with Gasteiger partial charge in [-0.05, 0) is 72.8 Å². The van der Waals surface area contributed by atoms with Crippen LogP contribution in [0.5, 0.6) is 0 Å². The number of nitriles is 1. The summed E-state index contributed by atoms with van der Waals surface area (Å²) in [7, 11) is 0. The normalized spacial score (nSPS) is 11.5. The summed E-state index contributed by atoms with van der Waals surface area (Å²) in [6, 6.07) is 26.3. The molecular formula is C27H19N5Re.